The summed E-state index contributed by atoms with van der Waals surface area (Å²) >= 11 is 0. The van der Waals surface area contributed by atoms with Crippen LogP contribution in [0.2, 0.25) is 0 Å². The Bertz CT molecular complexity index is 527. The van der Waals surface area contributed by atoms with Gasteiger partial charge in [0.1, 0.15) is 17.5 Å². The third-order valence-corrected chi connectivity index (χ3v) is 2.12. The van der Waals surface area contributed by atoms with Crippen LogP contribution in [-0.4, -0.2) is 17.7 Å². The molecule has 0 aromatic heterocycles. The van der Waals surface area contributed by atoms with Crippen LogP contribution in [0.5, 0.6) is 0 Å². The van der Waals surface area contributed by atoms with Crippen LogP contribution < -0.4 is 0 Å². The maximum Gasteiger partial charge on any atom is 0.206 e. The molecule has 0 N–H and O–H groups in total. The first kappa shape index (κ1) is 8.39. The first-order chi connectivity index (χ1) is 6.79. The van der Waals surface area contributed by atoms with E-state index in [-0.39, 0.29) is 11.1 Å². The van der Waals surface area contributed by atoms with Crippen molar-refractivity contribution >= 4 is 23.2 Å². The van der Waals surface area contributed by atoms with Crippen molar-refractivity contribution in [1.82, 2.24) is 0 Å². The van der Waals surface area contributed by atoms with E-state index in [1.165, 1.54) is 5.94 Å². The Labute approximate surface area is 79.4 Å². The number of allylic oxidation sites excluding steroid dienone is 2. The van der Waals surface area contributed by atoms with E-state index in [9.17, 15) is 14.4 Å². The molecule has 1 aliphatic carbocycles. The SMILES string of the molecule is O=C=C1C(=O)c2ccccc2C1=C=O. The lowest BCUT2D eigenvalue weighted by Crippen LogP contribution is -1.95. The van der Waals surface area contributed by atoms with Gasteiger partial charge in [-0.2, -0.15) is 0 Å². The lowest BCUT2D eigenvalue weighted by Gasteiger charge is -1.91. The number of carbonyl (C=O) groups excluding carboxylic acids is 3. The van der Waals surface area contributed by atoms with Gasteiger partial charge in [-0.05, 0) is 0 Å². The molecule has 1 aromatic carbocycles. The summed E-state index contributed by atoms with van der Waals surface area (Å²) in [5.74, 6) is 2.63. The highest BCUT2D eigenvalue weighted by Gasteiger charge is 2.31. The van der Waals surface area contributed by atoms with Gasteiger partial charge in [-0.15, -0.1) is 0 Å². The van der Waals surface area contributed by atoms with E-state index >= 15 is 0 Å². The maximum absolute atomic E-state index is 11.5. The summed E-state index contributed by atoms with van der Waals surface area (Å²) in [6.07, 6.45) is 0. The Morgan fingerprint density at radius 2 is 1.43 bits per heavy atom. The van der Waals surface area contributed by atoms with E-state index in [1.807, 2.05) is 0 Å². The van der Waals surface area contributed by atoms with Gasteiger partial charge in [0, 0.05) is 11.1 Å². The van der Waals surface area contributed by atoms with Gasteiger partial charge in [0.2, 0.25) is 5.78 Å². The first-order valence-electron chi connectivity index (χ1n) is 3.94. The Morgan fingerprint density at radius 1 is 0.857 bits per heavy atom. The standard InChI is InChI=1S/C11H4O3/c12-5-9-7-3-1-2-4-8(7)11(14)10(9)6-13/h1-4H. The minimum atomic E-state index is -0.450. The van der Waals surface area contributed by atoms with Crippen LogP contribution in [0.4, 0.5) is 0 Å². The molecule has 0 unspecified atom stereocenters. The van der Waals surface area contributed by atoms with Crippen LogP contribution in [0, 0.1) is 0 Å². The number of hydrogen-bond acceptors (Lipinski definition) is 3. The van der Waals surface area contributed by atoms with Gasteiger partial charge in [0.25, 0.3) is 0 Å². The lowest BCUT2D eigenvalue weighted by atomic mass is 10.1. The van der Waals surface area contributed by atoms with Gasteiger partial charge in [0.05, 0.1) is 5.57 Å². The van der Waals surface area contributed by atoms with Gasteiger partial charge in [-0.3, -0.25) is 4.79 Å². The summed E-state index contributed by atoms with van der Waals surface area (Å²) in [6, 6.07) is 6.54. The summed E-state index contributed by atoms with van der Waals surface area (Å²) in [4.78, 5) is 32.5. The third kappa shape index (κ3) is 0.913. The molecule has 0 aliphatic heterocycles. The second-order valence-electron chi connectivity index (χ2n) is 2.83. The molecule has 0 bridgehead atoms. The van der Waals surface area contributed by atoms with E-state index in [0.29, 0.717) is 11.1 Å². The molecule has 3 nitrogen and oxygen atoms in total. The number of fused-ring (bicyclic) bond motifs is 1. The molecule has 0 atom stereocenters. The number of ketones is 1. The average Bonchev–Trinajstić information content (AvgIpc) is 2.51. The van der Waals surface area contributed by atoms with Crippen molar-refractivity contribution < 1.29 is 14.4 Å². The molecule has 2 rings (SSSR count). The lowest BCUT2D eigenvalue weighted by molar-refractivity contribution is 0.104. The summed E-state index contributed by atoms with van der Waals surface area (Å²) in [7, 11) is 0. The van der Waals surface area contributed by atoms with Gasteiger partial charge in [-0.1, -0.05) is 24.3 Å². The normalized spacial score (nSPS) is 13.6. The number of carbonyl (C=O) groups is 1. The Balaban J connectivity index is 2.86. The fraction of sp³-hybridized carbons (Fsp3) is 0. The molecule has 1 aliphatic rings. The molecule has 3 heteroatoms. The van der Waals surface area contributed by atoms with Crippen molar-refractivity contribution in [3.63, 3.8) is 0 Å². The molecule has 1 aromatic rings. The van der Waals surface area contributed by atoms with E-state index in [1.54, 1.807) is 30.2 Å². The monoisotopic (exact) mass is 184 g/mol. The Morgan fingerprint density at radius 3 is 2.00 bits per heavy atom. The van der Waals surface area contributed by atoms with Crippen LogP contribution in [0.15, 0.2) is 29.8 Å². The third-order valence-electron chi connectivity index (χ3n) is 2.12. The van der Waals surface area contributed by atoms with Crippen molar-refractivity contribution in [2.75, 3.05) is 0 Å². The van der Waals surface area contributed by atoms with Gasteiger partial charge in [0.15, 0.2) is 0 Å². The van der Waals surface area contributed by atoms with Crippen molar-refractivity contribution in [2.24, 2.45) is 0 Å². The van der Waals surface area contributed by atoms with Gasteiger partial charge < -0.3 is 0 Å². The van der Waals surface area contributed by atoms with E-state index < -0.39 is 5.78 Å². The zero-order valence-electron chi connectivity index (χ0n) is 7.03. The minimum Gasteiger partial charge on any atom is -0.288 e. The predicted octanol–water partition coefficient (Wildman–Crippen LogP) is 0.856. The second-order valence-corrected chi connectivity index (χ2v) is 2.83. The largest absolute Gasteiger partial charge is 0.288 e. The van der Waals surface area contributed by atoms with Crippen molar-refractivity contribution in [2.45, 2.75) is 0 Å². The van der Waals surface area contributed by atoms with Crippen LogP contribution >= 0.6 is 0 Å². The number of hydrogen-bond donors (Lipinski definition) is 0. The quantitative estimate of drug-likeness (QED) is 0.443. The van der Waals surface area contributed by atoms with Crippen molar-refractivity contribution in [1.29, 1.82) is 0 Å². The highest BCUT2D eigenvalue weighted by atomic mass is 16.1. The van der Waals surface area contributed by atoms with Crippen molar-refractivity contribution in [3.05, 3.63) is 41.0 Å². The molecule has 0 saturated heterocycles. The van der Waals surface area contributed by atoms with E-state index in [4.69, 9.17) is 0 Å². The fourth-order valence-corrected chi connectivity index (χ4v) is 1.49. The minimum absolute atomic E-state index is 0.0144. The molecule has 14 heavy (non-hydrogen) atoms. The molecular weight excluding hydrogens is 180 g/mol. The predicted molar refractivity (Wildman–Crippen MR) is 49.1 cm³/mol. The molecular formula is C11H4O3. The molecule has 0 fully saturated rings. The van der Waals surface area contributed by atoms with Gasteiger partial charge >= 0.3 is 0 Å². The highest BCUT2D eigenvalue weighted by Crippen LogP contribution is 2.32. The smallest absolute Gasteiger partial charge is 0.206 e. The van der Waals surface area contributed by atoms with Crippen LogP contribution in [0.25, 0.3) is 5.57 Å². The zero-order chi connectivity index (χ0) is 10.1. The Hall–Kier alpha value is -2.21. The maximum atomic E-state index is 11.5. The number of benzene rings is 1. The second kappa shape index (κ2) is 2.93. The molecule has 0 radical (unpaired) electrons. The topological polar surface area (TPSA) is 51.2 Å². The molecule has 0 saturated carbocycles. The van der Waals surface area contributed by atoms with E-state index in [0.717, 1.165) is 0 Å². The molecule has 0 amide bonds. The summed E-state index contributed by atoms with van der Waals surface area (Å²) in [5, 5.41) is 0. The zero-order valence-corrected chi connectivity index (χ0v) is 7.03. The van der Waals surface area contributed by atoms with Crippen molar-refractivity contribution in [3.8, 4) is 0 Å². The van der Waals surface area contributed by atoms with E-state index in [2.05, 4.69) is 0 Å². The molecule has 0 heterocycles. The van der Waals surface area contributed by atoms with Crippen LogP contribution in [0.3, 0.4) is 0 Å². The fourth-order valence-electron chi connectivity index (χ4n) is 1.49. The molecule has 66 valence electrons. The van der Waals surface area contributed by atoms with Crippen LogP contribution in [-0.2, 0) is 9.59 Å². The number of rotatable bonds is 0. The summed E-state index contributed by atoms with van der Waals surface area (Å²) in [5.41, 5.74) is 0.622. The average molecular weight is 184 g/mol. The summed E-state index contributed by atoms with van der Waals surface area (Å²) < 4.78 is 0. The Kier molecular flexibility index (Phi) is 1.76. The molecule has 0 spiro atoms. The van der Waals surface area contributed by atoms with Gasteiger partial charge in [-0.25, -0.2) is 9.59 Å². The highest BCUT2D eigenvalue weighted by molar-refractivity contribution is 6.33. The number of Topliss-reactive ketones (excluding diaryl/α,β-unsaturated/α-hetero) is 1. The van der Waals surface area contributed by atoms with Crippen LogP contribution in [0.1, 0.15) is 15.9 Å². The first-order valence-corrected chi connectivity index (χ1v) is 3.94. The summed E-state index contributed by atoms with van der Waals surface area (Å²) in [6.45, 7) is 0.